The van der Waals surface area contributed by atoms with Gasteiger partial charge < -0.3 is 14.8 Å². The molecule has 2 heterocycles. The number of anilines is 1. The van der Waals surface area contributed by atoms with Crippen LogP contribution in [-0.4, -0.2) is 23.9 Å². The van der Waals surface area contributed by atoms with Gasteiger partial charge in [0.1, 0.15) is 17.7 Å². The predicted molar refractivity (Wildman–Crippen MR) is 125 cm³/mol. The van der Waals surface area contributed by atoms with E-state index < -0.39 is 11.6 Å². The van der Waals surface area contributed by atoms with Gasteiger partial charge in [0.05, 0.1) is 12.6 Å². The van der Waals surface area contributed by atoms with Gasteiger partial charge in [-0.2, -0.15) is 0 Å². The van der Waals surface area contributed by atoms with Crippen LogP contribution in [0.5, 0.6) is 5.75 Å². The average molecular weight is 458 g/mol. The van der Waals surface area contributed by atoms with Crippen LogP contribution in [0.2, 0.25) is 0 Å². The summed E-state index contributed by atoms with van der Waals surface area (Å²) < 4.78 is 39.6. The fourth-order valence-electron chi connectivity index (χ4n) is 4.34. The quantitative estimate of drug-likeness (QED) is 0.533. The van der Waals surface area contributed by atoms with Crippen LogP contribution in [0, 0.1) is 11.6 Å². The molecular weight excluding hydrogens is 432 g/mol. The van der Waals surface area contributed by atoms with Crippen LogP contribution in [-0.2, 0) is 16.1 Å². The number of halogens is 2. The molecule has 0 aliphatic carbocycles. The third-order valence-corrected chi connectivity index (χ3v) is 6.62. The van der Waals surface area contributed by atoms with Gasteiger partial charge in [-0.3, -0.25) is 4.79 Å². The smallest absolute Gasteiger partial charge is 0.320 e. The van der Waals surface area contributed by atoms with Crippen LogP contribution >= 0.6 is 11.8 Å². The lowest BCUT2D eigenvalue weighted by Gasteiger charge is -2.33. The number of carbonyl (C=O) groups excluding carboxylic acids is 1. The molecule has 7 heteroatoms. The summed E-state index contributed by atoms with van der Waals surface area (Å²) in [6.07, 6.45) is 4.65. The zero-order valence-corrected chi connectivity index (χ0v) is 19.2. The maximum Gasteiger partial charge on any atom is 0.320 e. The Labute approximate surface area is 190 Å². The number of methoxy groups -OCH3 is 1. The molecule has 0 saturated carbocycles. The second-order valence-electron chi connectivity index (χ2n) is 8.50. The van der Waals surface area contributed by atoms with E-state index in [2.05, 4.69) is 25.2 Å². The van der Waals surface area contributed by atoms with Gasteiger partial charge >= 0.3 is 5.97 Å². The fraction of sp³-hybridized carbons (Fsp3) is 0.320. The first-order chi connectivity index (χ1) is 15.2. The number of fused-ring (bicyclic) bond motifs is 1. The maximum absolute atomic E-state index is 14.5. The minimum atomic E-state index is -0.789. The van der Waals surface area contributed by atoms with Gasteiger partial charge in [-0.25, -0.2) is 8.78 Å². The van der Waals surface area contributed by atoms with Gasteiger partial charge in [-0.1, -0.05) is 18.2 Å². The molecule has 4 rings (SSSR count). The van der Waals surface area contributed by atoms with Crippen molar-refractivity contribution in [2.24, 2.45) is 0 Å². The number of hydrogen-bond donors (Lipinski definition) is 1. The average Bonchev–Trinajstić information content (AvgIpc) is 3.25. The zero-order valence-electron chi connectivity index (χ0n) is 18.4. The van der Waals surface area contributed by atoms with Crippen molar-refractivity contribution in [1.29, 1.82) is 0 Å². The molecule has 1 N–H and O–H groups in total. The van der Waals surface area contributed by atoms with Gasteiger partial charge in [-0.15, -0.1) is 11.8 Å². The van der Waals surface area contributed by atoms with Crippen LogP contribution in [0.25, 0.3) is 16.7 Å². The van der Waals surface area contributed by atoms with Crippen molar-refractivity contribution in [3.8, 4) is 16.9 Å². The highest BCUT2D eigenvalue weighted by Crippen LogP contribution is 2.43. The topological polar surface area (TPSA) is 47.6 Å². The van der Waals surface area contributed by atoms with Crippen molar-refractivity contribution >= 4 is 29.0 Å². The first kappa shape index (κ1) is 22.4. The van der Waals surface area contributed by atoms with Crippen molar-refractivity contribution in [3.05, 3.63) is 64.6 Å². The first-order valence-corrected chi connectivity index (χ1v) is 11.3. The number of hydrogen-bond acceptors (Lipinski definition) is 5. The minimum Gasteiger partial charge on any atom is -0.493 e. The molecule has 0 radical (unpaired) electrons. The lowest BCUT2D eigenvalue weighted by molar-refractivity contribution is -0.144. The van der Waals surface area contributed by atoms with E-state index in [-0.39, 0.29) is 34.7 Å². The Kier molecular flexibility index (Phi) is 6.03. The van der Waals surface area contributed by atoms with Crippen LogP contribution in [0.4, 0.5) is 14.5 Å². The second kappa shape index (κ2) is 8.62. The monoisotopic (exact) mass is 457 g/mol. The molecular formula is C25H25F2NO3S. The molecule has 4 nitrogen and oxygen atoms in total. The van der Waals surface area contributed by atoms with E-state index in [4.69, 9.17) is 9.47 Å². The SMILES string of the molecule is COc1c(F)cc(F)cc1-c1ccc2c(c1COC(=O)C1CC=CS1)C(C)=CC(C)(C)N2. The van der Waals surface area contributed by atoms with Gasteiger partial charge in [0.15, 0.2) is 11.6 Å². The predicted octanol–water partition coefficient (Wildman–Crippen LogP) is 6.31. The molecule has 2 aliphatic rings. The number of benzene rings is 2. The molecule has 2 aliphatic heterocycles. The van der Waals surface area contributed by atoms with E-state index in [0.29, 0.717) is 17.5 Å². The summed E-state index contributed by atoms with van der Waals surface area (Å²) in [5.74, 6) is -1.87. The summed E-state index contributed by atoms with van der Waals surface area (Å²) in [4.78, 5) is 12.6. The van der Waals surface area contributed by atoms with Gasteiger partial charge in [0.2, 0.25) is 0 Å². The molecule has 0 fully saturated rings. The molecule has 0 spiro atoms. The van der Waals surface area contributed by atoms with Crippen molar-refractivity contribution in [3.63, 3.8) is 0 Å². The summed E-state index contributed by atoms with van der Waals surface area (Å²) in [6.45, 7) is 6.07. The van der Waals surface area contributed by atoms with E-state index in [1.165, 1.54) is 24.9 Å². The maximum atomic E-state index is 14.5. The molecule has 0 amide bonds. The summed E-state index contributed by atoms with van der Waals surface area (Å²) >= 11 is 1.43. The summed E-state index contributed by atoms with van der Waals surface area (Å²) in [7, 11) is 1.34. The van der Waals surface area contributed by atoms with Crippen molar-refractivity contribution in [2.45, 2.75) is 44.6 Å². The number of esters is 1. The van der Waals surface area contributed by atoms with Crippen molar-refractivity contribution < 1.29 is 23.0 Å². The van der Waals surface area contributed by atoms with E-state index in [0.717, 1.165) is 22.9 Å². The Morgan fingerprint density at radius 2 is 2.03 bits per heavy atom. The Hall–Kier alpha value is -2.80. The molecule has 0 bridgehead atoms. The highest BCUT2D eigenvalue weighted by Gasteiger charge is 2.29. The number of carbonyl (C=O) groups is 1. The fourth-order valence-corrected chi connectivity index (χ4v) is 5.16. The van der Waals surface area contributed by atoms with Crippen LogP contribution < -0.4 is 10.1 Å². The van der Waals surface area contributed by atoms with E-state index in [9.17, 15) is 13.6 Å². The Bertz CT molecular complexity index is 1130. The minimum absolute atomic E-state index is 0.0248. The third-order valence-electron chi connectivity index (χ3n) is 5.55. The van der Waals surface area contributed by atoms with Crippen LogP contribution in [0.15, 0.2) is 41.8 Å². The molecule has 32 heavy (non-hydrogen) atoms. The number of allylic oxidation sites excluding steroid dienone is 2. The second-order valence-corrected chi connectivity index (χ2v) is 9.61. The molecule has 168 valence electrons. The molecule has 1 unspecified atom stereocenters. The Morgan fingerprint density at radius 3 is 2.72 bits per heavy atom. The van der Waals surface area contributed by atoms with Crippen LogP contribution in [0.1, 0.15) is 38.3 Å². The highest BCUT2D eigenvalue weighted by molar-refractivity contribution is 8.03. The van der Waals surface area contributed by atoms with E-state index in [1.807, 2.05) is 24.5 Å². The van der Waals surface area contributed by atoms with Gasteiger partial charge in [0, 0.05) is 28.4 Å². The van der Waals surface area contributed by atoms with E-state index in [1.54, 1.807) is 6.07 Å². The van der Waals surface area contributed by atoms with Crippen molar-refractivity contribution in [2.75, 3.05) is 12.4 Å². The summed E-state index contributed by atoms with van der Waals surface area (Å²) in [5.41, 5.74) is 3.96. The summed E-state index contributed by atoms with van der Waals surface area (Å²) in [5, 5.41) is 5.09. The molecule has 2 aromatic rings. The lowest BCUT2D eigenvalue weighted by atomic mass is 9.85. The standard InChI is InChI=1S/C25H25F2NO3S/c1-14-12-25(2,3)28-20-8-7-16(17-10-15(26)11-19(27)23(17)30-4)18(22(14)20)13-31-24(29)21-6-5-9-32-21/h5,7-12,21,28H,6,13H2,1-4H3. The number of thioether (sulfide) groups is 1. The molecule has 0 saturated heterocycles. The zero-order chi connectivity index (χ0) is 23.0. The highest BCUT2D eigenvalue weighted by atomic mass is 32.2. The molecule has 2 aromatic carbocycles. The normalized spacial score (nSPS) is 18.6. The van der Waals surface area contributed by atoms with Gasteiger partial charge in [0.25, 0.3) is 0 Å². The van der Waals surface area contributed by atoms with E-state index >= 15 is 0 Å². The van der Waals surface area contributed by atoms with Crippen molar-refractivity contribution in [1.82, 2.24) is 0 Å². The third kappa shape index (κ3) is 4.26. The Morgan fingerprint density at radius 1 is 1.25 bits per heavy atom. The molecule has 1 atom stereocenters. The van der Waals surface area contributed by atoms with Gasteiger partial charge in [-0.05, 0) is 55.9 Å². The summed E-state index contributed by atoms with van der Waals surface area (Å²) in [6, 6.07) is 5.70. The number of nitrogens with one attached hydrogen (secondary N) is 1. The number of ether oxygens (including phenoxy) is 2. The molecule has 0 aromatic heterocycles. The van der Waals surface area contributed by atoms with Crippen LogP contribution in [0.3, 0.4) is 0 Å². The lowest BCUT2D eigenvalue weighted by Crippen LogP contribution is -2.32. The largest absolute Gasteiger partial charge is 0.493 e. The Balaban J connectivity index is 1.84. The first-order valence-electron chi connectivity index (χ1n) is 10.3. The number of rotatable bonds is 5.